The average Bonchev–Trinajstić information content (AvgIpc) is 2.53. The van der Waals surface area contributed by atoms with Gasteiger partial charge in [-0.2, -0.15) is 0 Å². The van der Waals surface area contributed by atoms with Gasteiger partial charge in [0.2, 0.25) is 0 Å². The van der Waals surface area contributed by atoms with Crippen LogP contribution in [0.1, 0.15) is 34.6 Å². The standard InChI is InChI=1S/C16H18N2O3/c1-2-11-6-8-12(9-7-11)14(19)10-17-15-5-3-4-13(18-15)16(20)21/h3-9,14,19H,2,10H2,1H3,(H,17,18)(H,20,21). The molecule has 1 unspecified atom stereocenters. The van der Waals surface area contributed by atoms with E-state index < -0.39 is 12.1 Å². The Kier molecular flexibility index (Phi) is 4.90. The highest BCUT2D eigenvalue weighted by Crippen LogP contribution is 2.15. The van der Waals surface area contributed by atoms with Gasteiger partial charge in [0.05, 0.1) is 6.10 Å². The Bertz CT molecular complexity index is 611. The van der Waals surface area contributed by atoms with Crippen LogP contribution in [0.3, 0.4) is 0 Å². The van der Waals surface area contributed by atoms with Gasteiger partial charge in [-0.25, -0.2) is 9.78 Å². The van der Waals surface area contributed by atoms with Crippen LogP contribution in [0, 0.1) is 0 Å². The molecule has 0 saturated carbocycles. The van der Waals surface area contributed by atoms with E-state index in [-0.39, 0.29) is 12.2 Å². The second kappa shape index (κ2) is 6.85. The van der Waals surface area contributed by atoms with Crippen LogP contribution in [0.25, 0.3) is 0 Å². The number of hydrogen-bond acceptors (Lipinski definition) is 4. The topological polar surface area (TPSA) is 82.5 Å². The van der Waals surface area contributed by atoms with Crippen molar-refractivity contribution in [3.05, 3.63) is 59.3 Å². The lowest BCUT2D eigenvalue weighted by atomic mass is 10.1. The minimum Gasteiger partial charge on any atom is -0.477 e. The number of carbonyl (C=O) groups is 1. The molecule has 1 aromatic carbocycles. The molecule has 0 amide bonds. The van der Waals surface area contributed by atoms with Crippen molar-refractivity contribution in [2.75, 3.05) is 11.9 Å². The smallest absolute Gasteiger partial charge is 0.354 e. The number of carboxylic acid groups (broad SMARTS) is 1. The molecule has 2 rings (SSSR count). The van der Waals surface area contributed by atoms with E-state index >= 15 is 0 Å². The van der Waals surface area contributed by atoms with E-state index in [9.17, 15) is 9.90 Å². The van der Waals surface area contributed by atoms with Crippen LogP contribution in [0.15, 0.2) is 42.5 Å². The summed E-state index contributed by atoms with van der Waals surface area (Å²) in [6, 6.07) is 12.5. The second-order valence-corrected chi connectivity index (χ2v) is 4.71. The number of pyridine rings is 1. The number of nitrogens with zero attached hydrogens (tertiary/aromatic N) is 1. The summed E-state index contributed by atoms with van der Waals surface area (Å²) in [6.45, 7) is 2.34. The zero-order valence-corrected chi connectivity index (χ0v) is 11.8. The summed E-state index contributed by atoms with van der Waals surface area (Å²) in [7, 11) is 0. The normalized spacial score (nSPS) is 11.9. The summed E-state index contributed by atoms with van der Waals surface area (Å²) in [6.07, 6.45) is 0.284. The second-order valence-electron chi connectivity index (χ2n) is 4.71. The molecule has 1 atom stereocenters. The van der Waals surface area contributed by atoms with Gasteiger partial charge in [0.25, 0.3) is 0 Å². The number of rotatable bonds is 6. The summed E-state index contributed by atoms with van der Waals surface area (Å²) in [5.41, 5.74) is 2.01. The molecule has 0 aliphatic rings. The highest BCUT2D eigenvalue weighted by Gasteiger charge is 2.09. The van der Waals surface area contributed by atoms with Crippen molar-refractivity contribution in [3.63, 3.8) is 0 Å². The third kappa shape index (κ3) is 4.03. The first-order chi connectivity index (χ1) is 10.1. The fraction of sp³-hybridized carbons (Fsp3) is 0.250. The molecule has 0 fully saturated rings. The minimum atomic E-state index is -1.07. The van der Waals surface area contributed by atoms with Crippen molar-refractivity contribution in [2.45, 2.75) is 19.4 Å². The van der Waals surface area contributed by atoms with Gasteiger partial charge in [-0.05, 0) is 29.7 Å². The van der Waals surface area contributed by atoms with Crippen molar-refractivity contribution < 1.29 is 15.0 Å². The SMILES string of the molecule is CCc1ccc(C(O)CNc2cccc(C(=O)O)n2)cc1. The summed E-state index contributed by atoms with van der Waals surface area (Å²) >= 11 is 0. The quantitative estimate of drug-likeness (QED) is 0.760. The van der Waals surface area contributed by atoms with Crippen LogP contribution < -0.4 is 5.32 Å². The van der Waals surface area contributed by atoms with Crippen LogP contribution in [0.5, 0.6) is 0 Å². The van der Waals surface area contributed by atoms with Gasteiger partial charge in [0, 0.05) is 6.54 Å². The molecule has 0 bridgehead atoms. The molecular formula is C16H18N2O3. The van der Waals surface area contributed by atoms with E-state index in [1.807, 2.05) is 24.3 Å². The first-order valence-electron chi connectivity index (χ1n) is 6.81. The maximum absolute atomic E-state index is 10.8. The van der Waals surface area contributed by atoms with Crippen molar-refractivity contribution in [1.29, 1.82) is 0 Å². The number of aromatic nitrogens is 1. The number of carboxylic acids is 1. The van der Waals surface area contributed by atoms with Gasteiger partial charge in [-0.15, -0.1) is 0 Å². The van der Waals surface area contributed by atoms with Crippen LogP contribution >= 0.6 is 0 Å². The summed E-state index contributed by atoms with van der Waals surface area (Å²) < 4.78 is 0. The molecule has 5 nitrogen and oxygen atoms in total. The van der Waals surface area contributed by atoms with E-state index in [1.54, 1.807) is 12.1 Å². The molecule has 110 valence electrons. The van der Waals surface area contributed by atoms with E-state index in [4.69, 9.17) is 5.11 Å². The van der Waals surface area contributed by atoms with Crippen LogP contribution in [0.4, 0.5) is 5.82 Å². The van der Waals surface area contributed by atoms with Crippen molar-refractivity contribution in [3.8, 4) is 0 Å². The molecule has 0 spiro atoms. The predicted molar refractivity (Wildman–Crippen MR) is 80.5 cm³/mol. The van der Waals surface area contributed by atoms with Crippen LogP contribution in [-0.4, -0.2) is 27.7 Å². The first kappa shape index (κ1) is 15.0. The minimum absolute atomic E-state index is 0.0261. The Morgan fingerprint density at radius 2 is 1.95 bits per heavy atom. The number of hydrogen-bond donors (Lipinski definition) is 3. The zero-order chi connectivity index (χ0) is 15.2. The highest BCUT2D eigenvalue weighted by atomic mass is 16.4. The van der Waals surface area contributed by atoms with E-state index in [0.717, 1.165) is 12.0 Å². The number of aromatic carboxylic acids is 1. The Balaban J connectivity index is 1.98. The highest BCUT2D eigenvalue weighted by molar-refractivity contribution is 5.85. The number of aliphatic hydroxyl groups excluding tert-OH is 1. The zero-order valence-electron chi connectivity index (χ0n) is 11.8. The predicted octanol–water partition coefficient (Wildman–Crippen LogP) is 2.49. The Morgan fingerprint density at radius 3 is 2.57 bits per heavy atom. The third-order valence-electron chi connectivity index (χ3n) is 3.22. The van der Waals surface area contributed by atoms with Crippen molar-refractivity contribution in [2.24, 2.45) is 0 Å². The number of aliphatic hydroxyl groups is 1. The summed E-state index contributed by atoms with van der Waals surface area (Å²) in [4.78, 5) is 14.8. The largest absolute Gasteiger partial charge is 0.477 e. The first-order valence-corrected chi connectivity index (χ1v) is 6.81. The van der Waals surface area contributed by atoms with Gasteiger partial charge in [0.15, 0.2) is 5.69 Å². The maximum atomic E-state index is 10.8. The Morgan fingerprint density at radius 1 is 1.24 bits per heavy atom. The average molecular weight is 286 g/mol. The number of aryl methyl sites for hydroxylation is 1. The molecule has 5 heteroatoms. The number of anilines is 1. The van der Waals surface area contributed by atoms with Gasteiger partial charge in [-0.3, -0.25) is 0 Å². The van der Waals surface area contributed by atoms with Gasteiger partial charge in [-0.1, -0.05) is 37.3 Å². The van der Waals surface area contributed by atoms with Gasteiger partial charge >= 0.3 is 5.97 Å². The number of nitrogens with one attached hydrogen (secondary N) is 1. The molecule has 0 saturated heterocycles. The maximum Gasteiger partial charge on any atom is 0.354 e. The van der Waals surface area contributed by atoms with Crippen molar-refractivity contribution >= 4 is 11.8 Å². The molecule has 0 aliphatic carbocycles. The molecule has 0 radical (unpaired) electrons. The number of benzene rings is 1. The monoisotopic (exact) mass is 286 g/mol. The van der Waals surface area contributed by atoms with E-state index in [1.165, 1.54) is 11.6 Å². The lowest BCUT2D eigenvalue weighted by molar-refractivity contribution is 0.0690. The van der Waals surface area contributed by atoms with Crippen molar-refractivity contribution in [1.82, 2.24) is 4.98 Å². The fourth-order valence-corrected chi connectivity index (χ4v) is 1.95. The summed E-state index contributed by atoms with van der Waals surface area (Å²) in [5.74, 6) is -0.645. The van der Waals surface area contributed by atoms with E-state index in [2.05, 4.69) is 17.2 Å². The molecule has 1 heterocycles. The Labute approximate surface area is 123 Å². The lowest BCUT2D eigenvalue weighted by Gasteiger charge is -2.13. The third-order valence-corrected chi connectivity index (χ3v) is 3.22. The fourth-order valence-electron chi connectivity index (χ4n) is 1.95. The molecule has 2 aromatic rings. The lowest BCUT2D eigenvalue weighted by Crippen LogP contribution is -2.14. The van der Waals surface area contributed by atoms with Gasteiger partial charge < -0.3 is 15.5 Å². The Hall–Kier alpha value is -2.40. The molecule has 21 heavy (non-hydrogen) atoms. The molecule has 0 aliphatic heterocycles. The molecule has 1 aromatic heterocycles. The summed E-state index contributed by atoms with van der Waals surface area (Å²) in [5, 5.41) is 21.9. The molecule has 3 N–H and O–H groups in total. The van der Waals surface area contributed by atoms with Gasteiger partial charge in [0.1, 0.15) is 5.82 Å². The molecular weight excluding hydrogens is 268 g/mol. The van der Waals surface area contributed by atoms with Crippen LogP contribution in [0.2, 0.25) is 0 Å². The van der Waals surface area contributed by atoms with Crippen LogP contribution in [-0.2, 0) is 6.42 Å². The van der Waals surface area contributed by atoms with E-state index in [0.29, 0.717) is 5.82 Å².